The van der Waals surface area contributed by atoms with Gasteiger partial charge in [0.05, 0.1) is 28.6 Å². The number of carbonyl (C=O) groups excluding carboxylic acids is 1. The summed E-state index contributed by atoms with van der Waals surface area (Å²) in [6.07, 6.45) is 1.42. The van der Waals surface area contributed by atoms with E-state index in [1.807, 2.05) is 6.07 Å². The molecule has 11 heteroatoms. The van der Waals surface area contributed by atoms with Gasteiger partial charge in [0.15, 0.2) is 15.7 Å². The van der Waals surface area contributed by atoms with Gasteiger partial charge in [-0.25, -0.2) is 13.4 Å². The maximum atomic E-state index is 12.8. The maximum Gasteiger partial charge on any atom is 0.238 e. The van der Waals surface area contributed by atoms with Crippen molar-refractivity contribution in [2.75, 3.05) is 29.0 Å². The quantitative estimate of drug-likeness (QED) is 0.273. The Morgan fingerprint density at radius 3 is 2.44 bits per heavy atom. The normalized spacial score (nSPS) is 11.5. The third-order valence-corrected chi connectivity index (χ3v) is 7.54. The Bertz CT molecular complexity index is 1310. The molecule has 0 saturated carbocycles. The second-order valence-electron chi connectivity index (χ2n) is 8.88. The average molecular weight is 531 g/mol. The van der Waals surface area contributed by atoms with Crippen molar-refractivity contribution in [3.05, 3.63) is 59.8 Å². The maximum absolute atomic E-state index is 12.8. The first-order valence-corrected chi connectivity index (χ1v) is 13.5. The van der Waals surface area contributed by atoms with Gasteiger partial charge in [0, 0.05) is 11.4 Å². The zero-order valence-electron chi connectivity index (χ0n) is 20.7. The number of hydrogen-bond donors (Lipinski definition) is 4. The fourth-order valence-electron chi connectivity index (χ4n) is 3.20. The number of para-hydroxylation sites is 1. The molecule has 0 fully saturated rings. The number of amides is 1. The number of halogens is 1. The lowest BCUT2D eigenvalue weighted by molar-refractivity contribution is -0.115. The highest BCUT2D eigenvalue weighted by Crippen LogP contribution is 2.30. The number of hydrogen-bond acceptors (Lipinski definition) is 8. The Labute approximate surface area is 217 Å². The van der Waals surface area contributed by atoms with Crippen molar-refractivity contribution in [3.63, 3.8) is 0 Å². The summed E-state index contributed by atoms with van der Waals surface area (Å²) in [7, 11) is -3.53. The largest absolute Gasteiger partial charge is 0.338 e. The van der Waals surface area contributed by atoms with Gasteiger partial charge in [-0.1, -0.05) is 43.6 Å². The zero-order valence-corrected chi connectivity index (χ0v) is 22.2. The van der Waals surface area contributed by atoms with Crippen molar-refractivity contribution in [2.24, 2.45) is 5.92 Å². The number of rotatable bonds is 11. The number of nitrogens with zero attached hydrogens (tertiary/aromatic N) is 2. The lowest BCUT2D eigenvalue weighted by Crippen LogP contribution is -2.30. The molecule has 192 valence electrons. The van der Waals surface area contributed by atoms with E-state index in [0.29, 0.717) is 23.0 Å². The van der Waals surface area contributed by atoms with E-state index in [0.717, 1.165) is 6.54 Å². The van der Waals surface area contributed by atoms with Crippen molar-refractivity contribution in [2.45, 2.75) is 37.8 Å². The van der Waals surface area contributed by atoms with Gasteiger partial charge in [-0.15, -0.1) is 0 Å². The molecule has 4 N–H and O–H groups in total. The van der Waals surface area contributed by atoms with Crippen molar-refractivity contribution in [1.29, 1.82) is 0 Å². The fraction of sp³-hybridized carbons (Fsp3) is 0.320. The molecular weight excluding hydrogens is 500 g/mol. The highest BCUT2D eigenvalue weighted by Gasteiger charge is 2.23. The lowest BCUT2D eigenvalue weighted by atomic mass is 10.2. The van der Waals surface area contributed by atoms with Gasteiger partial charge < -0.3 is 21.3 Å². The Morgan fingerprint density at radius 1 is 1.00 bits per heavy atom. The van der Waals surface area contributed by atoms with Crippen LogP contribution >= 0.6 is 11.6 Å². The monoisotopic (exact) mass is 530 g/mol. The van der Waals surface area contributed by atoms with Crippen LogP contribution in [0.5, 0.6) is 0 Å². The van der Waals surface area contributed by atoms with E-state index in [1.54, 1.807) is 56.3 Å². The minimum atomic E-state index is -3.53. The van der Waals surface area contributed by atoms with Crippen LogP contribution in [0.15, 0.2) is 59.6 Å². The first-order valence-electron chi connectivity index (χ1n) is 11.6. The van der Waals surface area contributed by atoms with E-state index in [2.05, 4.69) is 45.1 Å². The number of benzene rings is 2. The Kier molecular flexibility index (Phi) is 9.25. The van der Waals surface area contributed by atoms with E-state index < -0.39 is 15.1 Å². The highest BCUT2D eigenvalue weighted by molar-refractivity contribution is 7.92. The first kappa shape index (κ1) is 27.4. The molecular formula is C25H31ClN6O3S. The molecule has 3 aromatic rings. The summed E-state index contributed by atoms with van der Waals surface area (Å²) in [5.41, 5.74) is 1.64. The Hall–Kier alpha value is -3.21. The smallest absolute Gasteiger partial charge is 0.238 e. The molecule has 2 aromatic carbocycles. The third kappa shape index (κ3) is 7.39. The van der Waals surface area contributed by atoms with Crippen LogP contribution in [0.4, 0.5) is 28.8 Å². The van der Waals surface area contributed by atoms with Gasteiger partial charge >= 0.3 is 0 Å². The molecule has 0 aliphatic heterocycles. The van der Waals surface area contributed by atoms with Crippen LogP contribution in [-0.2, 0) is 14.6 Å². The first-order chi connectivity index (χ1) is 17.1. The second kappa shape index (κ2) is 12.2. The van der Waals surface area contributed by atoms with Gasteiger partial charge in [-0.3, -0.25) is 4.79 Å². The molecule has 0 radical (unpaired) electrons. The molecule has 1 heterocycles. The SMILES string of the molecule is CC(C)CNCC(=O)Nc1cccc(Nc2ncc(Cl)c(Nc3ccccc3S(=O)(=O)C(C)C)n2)c1. The van der Waals surface area contributed by atoms with Gasteiger partial charge in [0.1, 0.15) is 5.02 Å². The molecule has 9 nitrogen and oxygen atoms in total. The molecule has 0 atom stereocenters. The zero-order chi connectivity index (χ0) is 26.3. The van der Waals surface area contributed by atoms with Crippen LogP contribution in [0.1, 0.15) is 27.7 Å². The number of sulfone groups is 1. The molecule has 0 bridgehead atoms. The van der Waals surface area contributed by atoms with Crippen molar-refractivity contribution >= 4 is 56.2 Å². The molecule has 36 heavy (non-hydrogen) atoms. The summed E-state index contributed by atoms with van der Waals surface area (Å²) in [6.45, 7) is 8.39. The summed E-state index contributed by atoms with van der Waals surface area (Å²) >= 11 is 6.30. The van der Waals surface area contributed by atoms with E-state index in [9.17, 15) is 13.2 Å². The summed E-state index contributed by atoms with van der Waals surface area (Å²) in [4.78, 5) is 21.0. The second-order valence-corrected chi connectivity index (χ2v) is 11.8. The summed E-state index contributed by atoms with van der Waals surface area (Å²) in [5.74, 6) is 0.809. The van der Waals surface area contributed by atoms with Crippen molar-refractivity contribution < 1.29 is 13.2 Å². The average Bonchev–Trinajstić information content (AvgIpc) is 2.81. The molecule has 0 aliphatic carbocycles. The van der Waals surface area contributed by atoms with Crippen molar-refractivity contribution in [1.82, 2.24) is 15.3 Å². The van der Waals surface area contributed by atoms with E-state index in [-0.39, 0.29) is 34.1 Å². The fourth-order valence-corrected chi connectivity index (χ4v) is 4.54. The van der Waals surface area contributed by atoms with E-state index in [4.69, 9.17) is 11.6 Å². The number of carbonyl (C=O) groups is 1. The van der Waals surface area contributed by atoms with Crippen LogP contribution in [0.25, 0.3) is 0 Å². The predicted molar refractivity (Wildman–Crippen MR) is 145 cm³/mol. The van der Waals surface area contributed by atoms with Crippen LogP contribution < -0.4 is 21.3 Å². The number of anilines is 5. The molecule has 0 unspecified atom stereocenters. The van der Waals surface area contributed by atoms with Crippen LogP contribution in [-0.4, -0.2) is 42.6 Å². The Morgan fingerprint density at radius 2 is 1.72 bits per heavy atom. The molecule has 1 aromatic heterocycles. The predicted octanol–water partition coefficient (Wildman–Crippen LogP) is 4.98. The van der Waals surface area contributed by atoms with Crippen LogP contribution in [0.3, 0.4) is 0 Å². The standard InChI is InChI=1S/C25H31ClN6O3S/c1-16(2)13-27-15-23(33)29-18-8-7-9-19(12-18)30-25-28-14-20(26)24(32-25)31-21-10-5-6-11-22(21)36(34,35)17(3)4/h5-12,14,16-17,27H,13,15H2,1-4H3,(H,29,33)(H2,28,30,31,32). The van der Waals surface area contributed by atoms with Gasteiger partial charge in [0.2, 0.25) is 11.9 Å². The van der Waals surface area contributed by atoms with Crippen LogP contribution in [0, 0.1) is 5.92 Å². The summed E-state index contributed by atoms with van der Waals surface area (Å²) in [5, 5.41) is 11.7. The molecule has 0 spiro atoms. The third-order valence-electron chi connectivity index (χ3n) is 5.05. The van der Waals surface area contributed by atoms with E-state index >= 15 is 0 Å². The van der Waals surface area contributed by atoms with Gasteiger partial charge in [-0.2, -0.15) is 4.98 Å². The Balaban J connectivity index is 1.75. The van der Waals surface area contributed by atoms with E-state index in [1.165, 1.54) is 6.20 Å². The summed E-state index contributed by atoms with van der Waals surface area (Å²) < 4.78 is 25.6. The molecule has 1 amide bonds. The number of aromatic nitrogens is 2. The minimum Gasteiger partial charge on any atom is -0.338 e. The highest BCUT2D eigenvalue weighted by atomic mass is 35.5. The molecule has 3 rings (SSSR count). The topological polar surface area (TPSA) is 125 Å². The van der Waals surface area contributed by atoms with Gasteiger partial charge in [0.25, 0.3) is 0 Å². The molecule has 0 aliphatic rings. The molecule has 0 saturated heterocycles. The van der Waals surface area contributed by atoms with Crippen molar-refractivity contribution in [3.8, 4) is 0 Å². The lowest BCUT2D eigenvalue weighted by Gasteiger charge is -2.15. The minimum absolute atomic E-state index is 0.142. The number of nitrogens with one attached hydrogen (secondary N) is 4. The van der Waals surface area contributed by atoms with Crippen LogP contribution in [0.2, 0.25) is 5.02 Å². The van der Waals surface area contributed by atoms with Gasteiger partial charge in [-0.05, 0) is 56.6 Å². The summed E-state index contributed by atoms with van der Waals surface area (Å²) in [6, 6.07) is 13.7.